The Kier molecular flexibility index (Phi) is 6.10. The first-order chi connectivity index (χ1) is 11.0. The first-order valence-electron chi connectivity index (χ1n) is 7.81. The van der Waals surface area contributed by atoms with Crippen LogP contribution in [0.4, 0.5) is 4.39 Å². The highest BCUT2D eigenvalue weighted by Gasteiger charge is 2.25. The normalized spacial score (nSPS) is 15.5. The molecule has 1 fully saturated rings. The lowest BCUT2D eigenvalue weighted by atomic mass is 10.0. The van der Waals surface area contributed by atoms with Crippen molar-refractivity contribution >= 4 is 11.9 Å². The number of likely N-dealkylation sites (tertiary alicyclic amines) is 1. The summed E-state index contributed by atoms with van der Waals surface area (Å²) in [7, 11) is 1.65. The van der Waals surface area contributed by atoms with E-state index in [9.17, 15) is 14.0 Å². The van der Waals surface area contributed by atoms with Gasteiger partial charge in [-0.15, -0.1) is 0 Å². The van der Waals surface area contributed by atoms with Crippen LogP contribution in [0.15, 0.2) is 18.2 Å². The Balaban J connectivity index is 2.09. The molecule has 1 amide bonds. The highest BCUT2D eigenvalue weighted by Crippen LogP contribution is 2.19. The summed E-state index contributed by atoms with van der Waals surface area (Å²) in [6, 6.07) is 4.17. The van der Waals surface area contributed by atoms with Gasteiger partial charge in [0.05, 0.1) is 24.7 Å². The summed E-state index contributed by atoms with van der Waals surface area (Å²) in [6.07, 6.45) is 1.66. The van der Waals surface area contributed by atoms with Crippen molar-refractivity contribution < 1.29 is 23.5 Å². The standard InChI is InChI=1S/C17H22FNO4/c1-3-23-16(20)11-12-4-5-15(18)14(10-12)17(21)19-8-6-13(22-2)7-9-19/h4-5,10,13H,3,6-9,11H2,1-2H3. The summed E-state index contributed by atoms with van der Waals surface area (Å²) >= 11 is 0. The Hall–Kier alpha value is -1.95. The van der Waals surface area contributed by atoms with E-state index >= 15 is 0 Å². The van der Waals surface area contributed by atoms with Crippen LogP contribution in [0.3, 0.4) is 0 Å². The molecule has 126 valence electrons. The lowest BCUT2D eigenvalue weighted by Gasteiger charge is -2.31. The summed E-state index contributed by atoms with van der Waals surface area (Å²) in [5.74, 6) is -1.31. The molecular formula is C17H22FNO4. The van der Waals surface area contributed by atoms with Gasteiger partial charge in [-0.3, -0.25) is 9.59 Å². The second-order valence-corrected chi connectivity index (χ2v) is 5.52. The van der Waals surface area contributed by atoms with Crippen LogP contribution in [-0.4, -0.2) is 49.7 Å². The molecule has 0 aliphatic carbocycles. The zero-order valence-electron chi connectivity index (χ0n) is 13.5. The van der Waals surface area contributed by atoms with Crippen molar-refractivity contribution in [3.8, 4) is 0 Å². The summed E-state index contributed by atoms with van der Waals surface area (Å²) in [4.78, 5) is 25.7. The highest BCUT2D eigenvalue weighted by molar-refractivity contribution is 5.95. The molecule has 0 radical (unpaired) electrons. The number of methoxy groups -OCH3 is 1. The predicted octanol–water partition coefficient (Wildman–Crippen LogP) is 2.18. The highest BCUT2D eigenvalue weighted by atomic mass is 19.1. The van der Waals surface area contributed by atoms with Gasteiger partial charge in [0.1, 0.15) is 5.82 Å². The van der Waals surface area contributed by atoms with Crippen LogP contribution >= 0.6 is 0 Å². The van der Waals surface area contributed by atoms with Crippen molar-refractivity contribution in [2.45, 2.75) is 32.3 Å². The number of halogens is 1. The van der Waals surface area contributed by atoms with E-state index in [1.807, 2.05) is 0 Å². The second-order valence-electron chi connectivity index (χ2n) is 5.52. The van der Waals surface area contributed by atoms with E-state index in [1.165, 1.54) is 18.2 Å². The number of hydrogen-bond acceptors (Lipinski definition) is 4. The van der Waals surface area contributed by atoms with Crippen LogP contribution in [0.2, 0.25) is 0 Å². The third-order valence-corrected chi connectivity index (χ3v) is 3.98. The maximum atomic E-state index is 14.0. The molecule has 1 aliphatic heterocycles. The molecule has 2 rings (SSSR count). The first-order valence-corrected chi connectivity index (χ1v) is 7.81. The van der Waals surface area contributed by atoms with Crippen LogP contribution in [0.5, 0.6) is 0 Å². The fraction of sp³-hybridized carbons (Fsp3) is 0.529. The Labute approximate surface area is 135 Å². The number of hydrogen-bond donors (Lipinski definition) is 0. The molecule has 1 heterocycles. The van der Waals surface area contributed by atoms with Crippen molar-refractivity contribution in [1.82, 2.24) is 4.90 Å². The van der Waals surface area contributed by atoms with Gasteiger partial charge < -0.3 is 14.4 Å². The number of nitrogens with zero attached hydrogens (tertiary/aromatic N) is 1. The largest absolute Gasteiger partial charge is 0.466 e. The number of carbonyl (C=O) groups is 2. The fourth-order valence-electron chi connectivity index (χ4n) is 2.69. The first kappa shape index (κ1) is 17.4. The number of amides is 1. The van der Waals surface area contributed by atoms with Crippen LogP contribution in [0.1, 0.15) is 35.7 Å². The molecule has 1 aromatic carbocycles. The lowest BCUT2D eigenvalue weighted by Crippen LogP contribution is -2.41. The minimum Gasteiger partial charge on any atom is -0.466 e. The third-order valence-electron chi connectivity index (χ3n) is 3.98. The van der Waals surface area contributed by atoms with Crippen molar-refractivity contribution in [2.75, 3.05) is 26.8 Å². The zero-order chi connectivity index (χ0) is 16.8. The summed E-state index contributed by atoms with van der Waals surface area (Å²) < 4.78 is 24.2. The van der Waals surface area contributed by atoms with Crippen molar-refractivity contribution in [3.63, 3.8) is 0 Å². The molecule has 0 aromatic heterocycles. The van der Waals surface area contributed by atoms with Gasteiger partial charge >= 0.3 is 5.97 Å². The van der Waals surface area contributed by atoms with Gasteiger partial charge in [0.15, 0.2) is 0 Å². The molecule has 0 N–H and O–H groups in total. The molecule has 0 bridgehead atoms. The molecule has 0 spiro atoms. The quantitative estimate of drug-likeness (QED) is 0.780. The maximum absolute atomic E-state index is 14.0. The van der Waals surface area contributed by atoms with Gasteiger partial charge in [0.2, 0.25) is 0 Å². The topological polar surface area (TPSA) is 55.8 Å². The molecule has 1 aliphatic rings. The second kappa shape index (κ2) is 8.06. The molecule has 0 atom stereocenters. The van der Waals surface area contributed by atoms with Crippen LogP contribution in [-0.2, 0) is 20.7 Å². The van der Waals surface area contributed by atoms with E-state index in [0.717, 1.165) is 12.8 Å². The average Bonchev–Trinajstić information content (AvgIpc) is 2.56. The average molecular weight is 323 g/mol. The third kappa shape index (κ3) is 4.51. The molecule has 1 aromatic rings. The number of esters is 1. The Bertz CT molecular complexity index is 568. The molecule has 0 unspecified atom stereocenters. The minimum absolute atomic E-state index is 0.00247. The fourth-order valence-corrected chi connectivity index (χ4v) is 2.69. The molecule has 6 heteroatoms. The van der Waals surface area contributed by atoms with E-state index in [1.54, 1.807) is 18.9 Å². The molecule has 1 saturated heterocycles. The molecule has 23 heavy (non-hydrogen) atoms. The summed E-state index contributed by atoms with van der Waals surface area (Å²) in [5, 5.41) is 0. The maximum Gasteiger partial charge on any atom is 0.310 e. The lowest BCUT2D eigenvalue weighted by molar-refractivity contribution is -0.142. The minimum atomic E-state index is -0.573. The number of carbonyl (C=O) groups excluding carboxylic acids is 2. The van der Waals surface area contributed by atoms with Crippen LogP contribution in [0, 0.1) is 5.82 Å². The SMILES string of the molecule is CCOC(=O)Cc1ccc(F)c(C(=O)N2CCC(OC)CC2)c1. The summed E-state index contributed by atoms with van der Waals surface area (Å²) in [5.41, 5.74) is 0.572. The predicted molar refractivity (Wildman–Crippen MR) is 82.7 cm³/mol. The van der Waals surface area contributed by atoms with Crippen molar-refractivity contribution in [1.29, 1.82) is 0 Å². The van der Waals surface area contributed by atoms with Crippen molar-refractivity contribution in [2.24, 2.45) is 0 Å². The van der Waals surface area contributed by atoms with Gasteiger partial charge in [0, 0.05) is 20.2 Å². The summed E-state index contributed by atoms with van der Waals surface area (Å²) in [6.45, 7) is 3.10. The Morgan fingerprint density at radius 1 is 1.30 bits per heavy atom. The molecular weight excluding hydrogens is 301 g/mol. The van der Waals surface area contributed by atoms with Gasteiger partial charge in [-0.25, -0.2) is 4.39 Å². The zero-order valence-corrected chi connectivity index (χ0v) is 13.5. The van der Waals surface area contributed by atoms with E-state index < -0.39 is 11.8 Å². The van der Waals surface area contributed by atoms with Crippen LogP contribution < -0.4 is 0 Å². The van der Waals surface area contributed by atoms with Crippen LogP contribution in [0.25, 0.3) is 0 Å². The monoisotopic (exact) mass is 323 g/mol. The van der Waals surface area contributed by atoms with E-state index in [2.05, 4.69) is 0 Å². The smallest absolute Gasteiger partial charge is 0.310 e. The van der Waals surface area contributed by atoms with Gasteiger partial charge in [-0.1, -0.05) is 6.07 Å². The van der Waals surface area contributed by atoms with E-state index in [4.69, 9.17) is 9.47 Å². The Morgan fingerprint density at radius 3 is 2.61 bits per heavy atom. The number of rotatable bonds is 5. The van der Waals surface area contributed by atoms with Gasteiger partial charge in [0.25, 0.3) is 5.91 Å². The van der Waals surface area contributed by atoms with Gasteiger partial charge in [-0.05, 0) is 37.5 Å². The van der Waals surface area contributed by atoms with E-state index in [-0.39, 0.29) is 24.0 Å². The van der Waals surface area contributed by atoms with E-state index in [0.29, 0.717) is 25.3 Å². The Morgan fingerprint density at radius 2 is 2.00 bits per heavy atom. The number of benzene rings is 1. The molecule has 5 nitrogen and oxygen atoms in total. The van der Waals surface area contributed by atoms with Gasteiger partial charge in [-0.2, -0.15) is 0 Å². The van der Waals surface area contributed by atoms with Crippen molar-refractivity contribution in [3.05, 3.63) is 35.1 Å². The molecule has 0 saturated carbocycles. The number of ether oxygens (including phenoxy) is 2. The number of piperidine rings is 1.